The Balaban J connectivity index is 1.73. The molecule has 0 spiro atoms. The Labute approximate surface area is 192 Å². The van der Waals surface area contributed by atoms with E-state index in [1.54, 1.807) is 31.7 Å². The minimum Gasteiger partial charge on any atom is -0.444 e. The minimum atomic E-state index is -4.43. The fourth-order valence-corrected chi connectivity index (χ4v) is 4.41. The number of ether oxygens (including phenoxy) is 1. The van der Waals surface area contributed by atoms with Gasteiger partial charge in [-0.05, 0) is 85.7 Å². The monoisotopic (exact) mass is 458 g/mol. The highest BCUT2D eigenvalue weighted by Gasteiger charge is 2.32. The van der Waals surface area contributed by atoms with Crippen LogP contribution < -0.4 is 5.32 Å². The Bertz CT molecular complexity index is 1080. The van der Waals surface area contributed by atoms with Crippen molar-refractivity contribution in [2.24, 2.45) is 0 Å². The molecular formula is C26H29F3N2O2. The topological polar surface area (TPSA) is 41.6 Å². The average Bonchev–Trinajstić information content (AvgIpc) is 2.77. The van der Waals surface area contributed by atoms with Gasteiger partial charge in [-0.2, -0.15) is 13.2 Å². The number of amides is 1. The lowest BCUT2D eigenvalue weighted by atomic mass is 9.85. The van der Waals surface area contributed by atoms with Crippen LogP contribution in [0.2, 0.25) is 0 Å². The van der Waals surface area contributed by atoms with Crippen LogP contribution >= 0.6 is 0 Å². The Morgan fingerprint density at radius 1 is 1.03 bits per heavy atom. The molecule has 4 nitrogen and oxygen atoms in total. The number of hydrogen-bond acceptors (Lipinski definition) is 3. The average molecular weight is 459 g/mol. The summed E-state index contributed by atoms with van der Waals surface area (Å²) in [6.07, 6.45) is -1.69. The van der Waals surface area contributed by atoms with Crippen LogP contribution in [0.5, 0.6) is 0 Å². The van der Waals surface area contributed by atoms with Crippen molar-refractivity contribution in [1.82, 2.24) is 10.2 Å². The molecule has 0 bridgehead atoms. The van der Waals surface area contributed by atoms with Crippen molar-refractivity contribution in [2.75, 3.05) is 19.6 Å². The molecule has 2 aliphatic heterocycles. The molecule has 0 atom stereocenters. The first-order valence-corrected chi connectivity index (χ1v) is 11.2. The molecule has 0 aliphatic carbocycles. The molecule has 2 aliphatic rings. The van der Waals surface area contributed by atoms with E-state index >= 15 is 0 Å². The maximum atomic E-state index is 13.6. The third-order valence-corrected chi connectivity index (χ3v) is 5.98. The zero-order valence-electron chi connectivity index (χ0n) is 19.2. The molecule has 0 saturated carbocycles. The number of nitrogens with zero attached hydrogens (tertiary/aromatic N) is 1. The number of rotatable bonds is 2. The van der Waals surface area contributed by atoms with Crippen LogP contribution in [0.1, 0.15) is 49.4 Å². The molecule has 33 heavy (non-hydrogen) atoms. The summed E-state index contributed by atoms with van der Waals surface area (Å²) >= 11 is 0. The summed E-state index contributed by atoms with van der Waals surface area (Å²) in [6.45, 7) is 7.72. The number of carbonyl (C=O) groups is 1. The van der Waals surface area contributed by atoms with Crippen molar-refractivity contribution in [3.8, 4) is 11.1 Å². The van der Waals surface area contributed by atoms with Crippen LogP contribution in [-0.4, -0.2) is 36.2 Å². The predicted molar refractivity (Wildman–Crippen MR) is 123 cm³/mol. The van der Waals surface area contributed by atoms with Gasteiger partial charge >= 0.3 is 12.3 Å². The van der Waals surface area contributed by atoms with Gasteiger partial charge in [0.25, 0.3) is 0 Å². The molecule has 7 heteroatoms. The Hall–Kier alpha value is -2.80. The van der Waals surface area contributed by atoms with E-state index in [-0.39, 0.29) is 0 Å². The first kappa shape index (κ1) is 23.4. The molecule has 0 fully saturated rings. The van der Waals surface area contributed by atoms with Crippen LogP contribution in [0, 0.1) is 0 Å². The molecule has 1 N–H and O–H groups in total. The first-order chi connectivity index (χ1) is 15.5. The number of hydrogen-bond donors (Lipinski definition) is 1. The van der Waals surface area contributed by atoms with Gasteiger partial charge in [0, 0.05) is 19.6 Å². The van der Waals surface area contributed by atoms with E-state index in [1.165, 1.54) is 17.2 Å². The lowest BCUT2D eigenvalue weighted by Gasteiger charge is -2.30. The van der Waals surface area contributed by atoms with E-state index in [0.717, 1.165) is 42.3 Å². The Kier molecular flexibility index (Phi) is 6.27. The zero-order chi connectivity index (χ0) is 23.8. The van der Waals surface area contributed by atoms with Crippen molar-refractivity contribution in [3.05, 3.63) is 64.7 Å². The van der Waals surface area contributed by atoms with Crippen molar-refractivity contribution >= 4 is 11.7 Å². The van der Waals surface area contributed by atoms with E-state index in [4.69, 9.17) is 4.74 Å². The van der Waals surface area contributed by atoms with Crippen molar-refractivity contribution in [3.63, 3.8) is 0 Å². The molecule has 0 radical (unpaired) electrons. The van der Waals surface area contributed by atoms with Gasteiger partial charge in [-0.3, -0.25) is 0 Å². The van der Waals surface area contributed by atoms with Gasteiger partial charge in [0.15, 0.2) is 0 Å². The number of carbonyl (C=O) groups excluding carboxylic acids is 1. The lowest BCUT2D eigenvalue weighted by Crippen LogP contribution is -2.39. The van der Waals surface area contributed by atoms with Crippen LogP contribution in [0.3, 0.4) is 0 Å². The summed E-state index contributed by atoms with van der Waals surface area (Å²) in [6, 6.07) is 10.0. The van der Waals surface area contributed by atoms with Gasteiger partial charge in [-0.15, -0.1) is 0 Å². The molecule has 0 aromatic heterocycles. The molecule has 1 amide bonds. The second-order valence-electron chi connectivity index (χ2n) is 9.53. The SMILES string of the molecule is CC(C)(C)OC(=O)N1CC=C(c2cc(C(F)(F)F)ccc2-c2cccc3c2CCNC3)CC1. The number of halogens is 3. The molecule has 176 valence electrons. The molecule has 2 aromatic rings. The van der Waals surface area contributed by atoms with Gasteiger partial charge in [-0.25, -0.2) is 4.79 Å². The lowest BCUT2D eigenvalue weighted by molar-refractivity contribution is -0.137. The van der Waals surface area contributed by atoms with Gasteiger partial charge in [0.1, 0.15) is 5.60 Å². The number of fused-ring (bicyclic) bond motifs is 1. The minimum absolute atomic E-state index is 0.302. The van der Waals surface area contributed by atoms with Gasteiger partial charge < -0.3 is 15.0 Å². The van der Waals surface area contributed by atoms with Crippen LogP contribution in [0.15, 0.2) is 42.5 Å². The summed E-state index contributed by atoms with van der Waals surface area (Å²) in [5, 5.41) is 3.35. The van der Waals surface area contributed by atoms with Gasteiger partial charge in [0.2, 0.25) is 0 Å². The maximum Gasteiger partial charge on any atom is 0.416 e. The van der Waals surface area contributed by atoms with Gasteiger partial charge in [0.05, 0.1) is 5.56 Å². The third-order valence-electron chi connectivity index (χ3n) is 5.98. The normalized spacial score (nSPS) is 16.8. The van der Waals surface area contributed by atoms with Gasteiger partial charge in [-0.1, -0.05) is 30.3 Å². The smallest absolute Gasteiger partial charge is 0.416 e. The third kappa shape index (κ3) is 5.24. The maximum absolute atomic E-state index is 13.6. The number of alkyl halides is 3. The van der Waals surface area contributed by atoms with Crippen LogP contribution in [-0.2, 0) is 23.9 Å². The molecule has 4 rings (SSSR count). The Morgan fingerprint density at radius 3 is 2.48 bits per heavy atom. The summed E-state index contributed by atoms with van der Waals surface area (Å²) in [5.74, 6) is 0. The molecule has 0 saturated heterocycles. The fourth-order valence-electron chi connectivity index (χ4n) is 4.41. The molecule has 2 aromatic carbocycles. The highest BCUT2D eigenvalue weighted by molar-refractivity contribution is 5.85. The molecule has 2 heterocycles. The molecular weight excluding hydrogens is 429 g/mol. The highest BCUT2D eigenvalue weighted by atomic mass is 19.4. The number of nitrogens with one attached hydrogen (secondary N) is 1. The second kappa shape index (κ2) is 8.86. The summed E-state index contributed by atoms with van der Waals surface area (Å²) < 4.78 is 46.2. The van der Waals surface area contributed by atoms with E-state index in [1.807, 2.05) is 18.2 Å². The summed E-state index contributed by atoms with van der Waals surface area (Å²) in [7, 11) is 0. The molecule has 0 unspecified atom stereocenters. The number of benzene rings is 2. The summed E-state index contributed by atoms with van der Waals surface area (Å²) in [5.41, 5.74) is 4.29. The van der Waals surface area contributed by atoms with Crippen molar-refractivity contribution in [1.29, 1.82) is 0 Å². The first-order valence-electron chi connectivity index (χ1n) is 11.2. The predicted octanol–water partition coefficient (Wildman–Crippen LogP) is 6.04. The Morgan fingerprint density at radius 2 is 1.82 bits per heavy atom. The highest BCUT2D eigenvalue weighted by Crippen LogP contribution is 2.39. The van der Waals surface area contributed by atoms with E-state index < -0.39 is 23.4 Å². The fraction of sp³-hybridized carbons (Fsp3) is 0.423. The van der Waals surface area contributed by atoms with Crippen LogP contribution in [0.4, 0.5) is 18.0 Å². The van der Waals surface area contributed by atoms with Crippen molar-refractivity contribution in [2.45, 2.75) is 51.9 Å². The van der Waals surface area contributed by atoms with E-state index in [0.29, 0.717) is 25.1 Å². The summed E-state index contributed by atoms with van der Waals surface area (Å²) in [4.78, 5) is 14.0. The zero-order valence-corrected chi connectivity index (χ0v) is 19.2. The van der Waals surface area contributed by atoms with E-state index in [2.05, 4.69) is 11.4 Å². The standard InChI is InChI=1S/C26H29F3N2O2/c1-25(2,3)33-24(32)31-13-10-17(11-14-31)23-15-19(26(27,28)29)7-8-22(23)21-6-4-5-18-16-30-12-9-20(18)21/h4-8,10,15,30H,9,11-14,16H2,1-3H3. The quantitative estimate of drug-likeness (QED) is 0.596. The largest absolute Gasteiger partial charge is 0.444 e. The van der Waals surface area contributed by atoms with E-state index in [9.17, 15) is 18.0 Å². The second-order valence-corrected chi connectivity index (χ2v) is 9.53. The van der Waals surface area contributed by atoms with Crippen molar-refractivity contribution < 1.29 is 22.7 Å². The van der Waals surface area contributed by atoms with Crippen LogP contribution in [0.25, 0.3) is 16.7 Å².